The lowest BCUT2D eigenvalue weighted by molar-refractivity contribution is 0.0690. The molecular weight excluding hydrogens is 1060 g/mol. The molecule has 0 aliphatic heterocycles. The Labute approximate surface area is 408 Å². The minimum atomic E-state index is -5.28. The number of rotatable bonds is 18. The van der Waals surface area contributed by atoms with Crippen molar-refractivity contribution in [2.75, 3.05) is 26.4 Å². The number of ether oxygens (including phenoxy) is 2. The number of aliphatic hydroxyl groups is 2. The van der Waals surface area contributed by atoms with Crippen molar-refractivity contribution in [1.29, 1.82) is 0 Å². The molecule has 0 unspecified atom stereocenters. The normalized spacial score (nSPS) is 12.7. The van der Waals surface area contributed by atoms with Gasteiger partial charge >= 0.3 is 5.97 Å². The van der Waals surface area contributed by atoms with Gasteiger partial charge in [0.1, 0.15) is 57.3 Å². The third-order valence-corrected chi connectivity index (χ3v) is 13.4. The monoisotopic (exact) mass is 1090 g/mol. The number of azo groups is 3. The molecule has 0 spiro atoms. The van der Waals surface area contributed by atoms with Crippen molar-refractivity contribution in [2.45, 2.75) is 19.6 Å². The molecule has 0 saturated heterocycles. The first-order valence-electron chi connectivity index (χ1n) is 19.8. The first-order valence-corrected chi connectivity index (χ1v) is 25.6. The van der Waals surface area contributed by atoms with Crippen LogP contribution in [0.3, 0.4) is 0 Å². The van der Waals surface area contributed by atoms with E-state index in [1.54, 1.807) is 0 Å². The molecule has 0 radical (unpaired) electrons. The summed E-state index contributed by atoms with van der Waals surface area (Å²) < 4.78 is 147. The van der Waals surface area contributed by atoms with Crippen LogP contribution in [0.1, 0.15) is 10.5 Å². The Kier molecular flexibility index (Phi) is 14.6. The van der Waals surface area contributed by atoms with Crippen LogP contribution < -0.4 is 15.0 Å². The Bertz CT molecular complexity index is 4030. The highest BCUT2D eigenvalue weighted by molar-refractivity contribution is 7.86. The van der Waals surface area contributed by atoms with Crippen LogP contribution >= 0.6 is 0 Å². The van der Waals surface area contributed by atoms with E-state index in [4.69, 9.17) is 9.47 Å². The van der Waals surface area contributed by atoms with Crippen LogP contribution in [0.2, 0.25) is 0 Å². The maximum atomic E-state index is 13.3. The minimum absolute atomic E-state index is 0.0658. The molecule has 1 heterocycles. The van der Waals surface area contributed by atoms with E-state index in [0.29, 0.717) is 16.8 Å². The van der Waals surface area contributed by atoms with Crippen LogP contribution in [0.5, 0.6) is 23.0 Å². The molecule has 0 atom stereocenters. The summed E-state index contributed by atoms with van der Waals surface area (Å²) in [4.78, 5) is 21.9. The van der Waals surface area contributed by atoms with Crippen LogP contribution in [0.15, 0.2) is 140 Å². The third-order valence-electron chi connectivity index (χ3n) is 9.89. The fourth-order valence-corrected chi connectivity index (χ4v) is 9.06. The Morgan fingerprint density at radius 1 is 0.575 bits per heavy atom. The van der Waals surface area contributed by atoms with E-state index < -0.39 is 137 Å². The van der Waals surface area contributed by atoms with E-state index in [9.17, 15) is 87.0 Å². The van der Waals surface area contributed by atoms with Crippen molar-refractivity contribution in [3.63, 3.8) is 0 Å². The summed E-state index contributed by atoms with van der Waals surface area (Å²) in [5.41, 5.74) is -4.59. The van der Waals surface area contributed by atoms with E-state index in [0.717, 1.165) is 60.7 Å². The number of carbonyl (C=O) groups is 1. The van der Waals surface area contributed by atoms with Gasteiger partial charge < -0.3 is 35.0 Å². The van der Waals surface area contributed by atoms with Gasteiger partial charge in [-0.25, -0.2) is 9.48 Å². The van der Waals surface area contributed by atoms with Gasteiger partial charge in [-0.1, -0.05) is 0 Å². The fourth-order valence-electron chi connectivity index (χ4n) is 6.72. The summed E-state index contributed by atoms with van der Waals surface area (Å²) in [6, 6.07) is 13.5. The number of aliphatic hydroxyl groups excluding tert-OH is 2. The number of benzene rings is 6. The average molecular weight is 1090 g/mol. The van der Waals surface area contributed by atoms with Gasteiger partial charge in [-0.15, -0.1) is 25.6 Å². The number of aromatic carboxylic acids is 1. The first kappa shape index (κ1) is 52.7. The van der Waals surface area contributed by atoms with Gasteiger partial charge in [0.15, 0.2) is 17.1 Å². The molecule has 0 amide bonds. The number of hydrogen-bond donors (Lipinski definition) is 10. The zero-order valence-electron chi connectivity index (χ0n) is 36.1. The number of phenols is 2. The molecule has 7 aromatic rings. The highest BCUT2D eigenvalue weighted by Gasteiger charge is 2.26. The number of nitrogens with one attached hydrogen (secondary N) is 1. The summed E-state index contributed by atoms with van der Waals surface area (Å²) in [5, 5.41) is 75.6. The number of aromatic nitrogens is 2. The van der Waals surface area contributed by atoms with Gasteiger partial charge in [0.25, 0.3) is 46.0 Å². The molecule has 29 nitrogen and oxygen atoms in total. The Morgan fingerprint density at radius 3 is 1.68 bits per heavy atom. The van der Waals surface area contributed by atoms with Crippen molar-refractivity contribution < 1.29 is 91.7 Å². The summed E-state index contributed by atoms with van der Waals surface area (Å²) in [6.07, 6.45) is 0. The Balaban J connectivity index is 1.28. The van der Waals surface area contributed by atoms with Gasteiger partial charge in [-0.05, 0) is 72.1 Å². The van der Waals surface area contributed by atoms with E-state index in [-0.39, 0.29) is 50.7 Å². The van der Waals surface area contributed by atoms with Gasteiger partial charge in [0, 0.05) is 29.0 Å². The maximum absolute atomic E-state index is 13.3. The minimum Gasteiger partial charge on any atom is -0.507 e. The predicted octanol–water partition coefficient (Wildman–Crippen LogP) is 5.56. The predicted molar refractivity (Wildman–Crippen MR) is 248 cm³/mol. The molecule has 7 rings (SSSR count). The van der Waals surface area contributed by atoms with Crippen molar-refractivity contribution >= 4 is 102 Å². The standard InChI is InChI=1S/C40H32N8O21S4/c49-9-11-68-30-18-28(31(69-12-10-50)17-27(30)43-42-26-7-8-32(72(62,63)64)25-15-23(71(59,60)61)16-29(51)34(25)26)44-45-35-33(73(65,66)67)14-19-13-20(1-6-24(19)38(35)52)41-46-36-37(40(54)55)47-48(39(36)53)21-2-4-22(5-3-21)70(56,57)58/h1-8,13-18,47,49-52H,9-12H2,(H,54,55)(H,56,57,58)(H,59,60,61)(H,62,63,64)(H,65,66,67). The number of phenolic OH excluding ortho intramolecular Hbond substituents is 2. The molecule has 0 aliphatic rings. The largest absolute Gasteiger partial charge is 0.507 e. The number of fused-ring (bicyclic) bond motifs is 2. The zero-order valence-corrected chi connectivity index (χ0v) is 39.4. The number of aromatic amines is 1. The molecule has 0 bridgehead atoms. The molecule has 0 saturated carbocycles. The lowest BCUT2D eigenvalue weighted by Gasteiger charge is -2.13. The van der Waals surface area contributed by atoms with Gasteiger partial charge in [0.2, 0.25) is 0 Å². The van der Waals surface area contributed by atoms with Crippen LogP contribution in [0.4, 0.5) is 34.1 Å². The third kappa shape index (κ3) is 11.3. The molecule has 0 aliphatic carbocycles. The summed E-state index contributed by atoms with van der Waals surface area (Å²) in [7, 11) is -20.0. The summed E-state index contributed by atoms with van der Waals surface area (Å²) in [6.45, 7) is -2.01. The molecule has 33 heteroatoms. The number of hydrogen-bond acceptors (Lipinski definition) is 22. The average Bonchev–Trinajstić information content (AvgIpc) is 3.65. The molecule has 1 aromatic heterocycles. The second kappa shape index (κ2) is 20.2. The van der Waals surface area contributed by atoms with Crippen molar-refractivity contribution in [3.8, 4) is 28.7 Å². The quantitative estimate of drug-likeness (QED) is 0.0371. The zero-order chi connectivity index (χ0) is 53.4. The van der Waals surface area contributed by atoms with E-state index in [1.807, 2.05) is 0 Å². The molecule has 73 heavy (non-hydrogen) atoms. The van der Waals surface area contributed by atoms with E-state index in [2.05, 4.69) is 35.8 Å². The smallest absolute Gasteiger partial charge is 0.356 e. The van der Waals surface area contributed by atoms with Gasteiger partial charge in [-0.2, -0.15) is 38.8 Å². The Hall–Kier alpha value is -8.12. The second-order valence-electron chi connectivity index (χ2n) is 14.6. The Morgan fingerprint density at radius 2 is 1.14 bits per heavy atom. The summed E-state index contributed by atoms with van der Waals surface area (Å²) >= 11 is 0. The van der Waals surface area contributed by atoms with Crippen molar-refractivity contribution in [1.82, 2.24) is 9.78 Å². The SMILES string of the molecule is O=C(O)c1[nH]n(-c2ccc(S(=O)(=O)O)cc2)c(=O)c1N=Nc1ccc2c(O)c(N=Nc3cc(OCCO)c(N=Nc4ccc(S(=O)(=O)O)c5cc(S(=O)(=O)O)cc(O)c45)cc3OCCO)c(S(=O)(=O)O)cc2c1. The lowest BCUT2D eigenvalue weighted by atomic mass is 10.1. The second-order valence-corrected chi connectivity index (χ2v) is 20.3. The highest BCUT2D eigenvalue weighted by atomic mass is 32.2. The van der Waals surface area contributed by atoms with E-state index in [1.165, 1.54) is 12.1 Å². The number of nitrogens with zero attached hydrogens (tertiary/aromatic N) is 7. The van der Waals surface area contributed by atoms with Gasteiger partial charge in [-0.3, -0.25) is 28.1 Å². The molecular formula is C40H32N8O21S4. The molecule has 382 valence electrons. The first-order chi connectivity index (χ1) is 34.2. The molecule has 6 aromatic carbocycles. The topological polar surface area (TPSA) is 466 Å². The van der Waals surface area contributed by atoms with Gasteiger partial charge in [0.05, 0.1) is 45.5 Å². The highest BCUT2D eigenvalue weighted by Crippen LogP contribution is 2.46. The van der Waals surface area contributed by atoms with Crippen molar-refractivity contribution in [3.05, 3.63) is 101 Å². The molecule has 0 fully saturated rings. The number of carboxylic acids is 1. The number of H-pyrrole nitrogens is 1. The van der Waals surface area contributed by atoms with Crippen molar-refractivity contribution in [2.24, 2.45) is 30.7 Å². The van der Waals surface area contributed by atoms with Crippen LogP contribution in [0.25, 0.3) is 27.2 Å². The van der Waals surface area contributed by atoms with E-state index >= 15 is 0 Å². The molecule has 10 N–H and O–H groups in total. The number of carboxylic acid groups (broad SMARTS) is 1. The van der Waals surface area contributed by atoms with Crippen LogP contribution in [0, 0.1) is 0 Å². The van der Waals surface area contributed by atoms with Crippen LogP contribution in [-0.4, -0.2) is 120 Å². The number of aromatic hydroxyl groups is 2. The fraction of sp³-hybridized carbons (Fsp3) is 0.100. The lowest BCUT2D eigenvalue weighted by Crippen LogP contribution is -2.14. The van der Waals surface area contributed by atoms with Crippen LogP contribution in [-0.2, 0) is 40.5 Å². The maximum Gasteiger partial charge on any atom is 0.356 e. The summed E-state index contributed by atoms with van der Waals surface area (Å²) in [5.74, 6) is -4.05.